The number of aromatic carboxylic acids is 1. The highest BCUT2D eigenvalue weighted by molar-refractivity contribution is 7.12. The molecule has 1 aromatic heterocycles. The molecular formula is C16H17NO2S. The lowest BCUT2D eigenvalue weighted by atomic mass is 9.88. The van der Waals surface area contributed by atoms with Crippen LogP contribution in [0.5, 0.6) is 0 Å². The van der Waals surface area contributed by atoms with E-state index in [-0.39, 0.29) is 0 Å². The fraction of sp³-hybridized carbons (Fsp3) is 0.312. The highest BCUT2D eigenvalue weighted by Crippen LogP contribution is 2.22. The second-order valence-electron chi connectivity index (χ2n) is 5.17. The fourth-order valence-electron chi connectivity index (χ4n) is 2.79. The predicted octanol–water partition coefficient (Wildman–Crippen LogP) is 3.09. The van der Waals surface area contributed by atoms with Crippen LogP contribution in [0.1, 0.15) is 32.8 Å². The first-order chi connectivity index (χ1) is 9.74. The Morgan fingerprint density at radius 2 is 2.10 bits per heavy atom. The van der Waals surface area contributed by atoms with Gasteiger partial charge in [0.15, 0.2) is 0 Å². The number of benzene rings is 1. The first-order valence-electron chi connectivity index (χ1n) is 6.84. The SMILES string of the molecule is O=C(O)c1sccc1CNC1CCc2ccccc2C1. The van der Waals surface area contributed by atoms with Crippen molar-refractivity contribution in [2.24, 2.45) is 0 Å². The van der Waals surface area contributed by atoms with Crippen LogP contribution in [0.3, 0.4) is 0 Å². The fourth-order valence-corrected chi connectivity index (χ4v) is 3.55. The maximum absolute atomic E-state index is 11.1. The van der Waals surface area contributed by atoms with Gasteiger partial charge in [0, 0.05) is 12.6 Å². The summed E-state index contributed by atoms with van der Waals surface area (Å²) in [5.41, 5.74) is 3.76. The lowest BCUT2D eigenvalue weighted by Crippen LogP contribution is -2.34. The van der Waals surface area contributed by atoms with E-state index >= 15 is 0 Å². The number of aryl methyl sites for hydroxylation is 1. The summed E-state index contributed by atoms with van der Waals surface area (Å²) in [7, 11) is 0. The molecule has 1 unspecified atom stereocenters. The minimum Gasteiger partial charge on any atom is -0.477 e. The summed E-state index contributed by atoms with van der Waals surface area (Å²) in [5.74, 6) is -0.828. The van der Waals surface area contributed by atoms with Crippen molar-refractivity contribution < 1.29 is 9.90 Å². The highest BCUT2D eigenvalue weighted by Gasteiger charge is 2.19. The van der Waals surface area contributed by atoms with E-state index in [1.165, 1.54) is 22.5 Å². The summed E-state index contributed by atoms with van der Waals surface area (Å²) in [6, 6.07) is 10.9. The molecule has 3 nitrogen and oxygen atoms in total. The van der Waals surface area contributed by atoms with E-state index in [0.717, 1.165) is 24.8 Å². The van der Waals surface area contributed by atoms with E-state index in [4.69, 9.17) is 5.11 Å². The molecule has 20 heavy (non-hydrogen) atoms. The van der Waals surface area contributed by atoms with Gasteiger partial charge in [-0.15, -0.1) is 11.3 Å². The average molecular weight is 287 g/mol. The number of hydrogen-bond acceptors (Lipinski definition) is 3. The summed E-state index contributed by atoms with van der Waals surface area (Å²) in [4.78, 5) is 11.5. The topological polar surface area (TPSA) is 49.3 Å². The van der Waals surface area contributed by atoms with Gasteiger partial charge in [-0.05, 0) is 47.4 Å². The third kappa shape index (κ3) is 2.76. The zero-order valence-electron chi connectivity index (χ0n) is 11.1. The highest BCUT2D eigenvalue weighted by atomic mass is 32.1. The van der Waals surface area contributed by atoms with Gasteiger partial charge in [0.05, 0.1) is 0 Å². The van der Waals surface area contributed by atoms with Gasteiger partial charge < -0.3 is 10.4 Å². The van der Waals surface area contributed by atoms with Crippen molar-refractivity contribution in [3.05, 3.63) is 57.3 Å². The molecule has 1 aliphatic carbocycles. The minimum absolute atomic E-state index is 0.437. The molecule has 0 aliphatic heterocycles. The van der Waals surface area contributed by atoms with E-state index in [9.17, 15) is 4.79 Å². The molecule has 1 heterocycles. The van der Waals surface area contributed by atoms with E-state index in [2.05, 4.69) is 29.6 Å². The molecule has 3 rings (SSSR count). The van der Waals surface area contributed by atoms with Crippen LogP contribution in [0.15, 0.2) is 35.7 Å². The van der Waals surface area contributed by atoms with Crippen molar-refractivity contribution in [2.75, 3.05) is 0 Å². The minimum atomic E-state index is -0.828. The van der Waals surface area contributed by atoms with E-state index in [1.807, 2.05) is 11.4 Å². The Morgan fingerprint density at radius 3 is 2.90 bits per heavy atom. The molecule has 0 radical (unpaired) electrons. The summed E-state index contributed by atoms with van der Waals surface area (Å²) in [6.07, 6.45) is 3.25. The van der Waals surface area contributed by atoms with Gasteiger partial charge in [-0.25, -0.2) is 4.79 Å². The maximum Gasteiger partial charge on any atom is 0.346 e. The second kappa shape index (κ2) is 5.77. The maximum atomic E-state index is 11.1. The summed E-state index contributed by atoms with van der Waals surface area (Å²) in [5, 5.41) is 14.5. The number of carboxylic acids is 1. The molecule has 0 spiro atoms. The lowest BCUT2D eigenvalue weighted by molar-refractivity contribution is 0.0701. The second-order valence-corrected chi connectivity index (χ2v) is 6.09. The number of rotatable bonds is 4. The van der Waals surface area contributed by atoms with Gasteiger partial charge in [0.25, 0.3) is 0 Å². The number of thiophene rings is 1. The van der Waals surface area contributed by atoms with E-state index in [0.29, 0.717) is 17.5 Å². The van der Waals surface area contributed by atoms with Crippen molar-refractivity contribution >= 4 is 17.3 Å². The molecule has 0 amide bonds. The van der Waals surface area contributed by atoms with Gasteiger partial charge in [0.1, 0.15) is 4.88 Å². The van der Waals surface area contributed by atoms with Crippen LogP contribution in [0.2, 0.25) is 0 Å². The number of carbonyl (C=O) groups is 1. The molecule has 0 saturated heterocycles. The third-order valence-electron chi connectivity index (χ3n) is 3.87. The Labute approximate surface area is 122 Å². The normalized spacial score (nSPS) is 17.7. The number of hydrogen-bond donors (Lipinski definition) is 2. The van der Waals surface area contributed by atoms with Crippen LogP contribution in [-0.4, -0.2) is 17.1 Å². The van der Waals surface area contributed by atoms with Gasteiger partial charge in [-0.1, -0.05) is 24.3 Å². The average Bonchev–Trinajstić information content (AvgIpc) is 2.93. The molecule has 0 bridgehead atoms. The molecule has 1 aromatic carbocycles. The monoisotopic (exact) mass is 287 g/mol. The van der Waals surface area contributed by atoms with Crippen LogP contribution in [-0.2, 0) is 19.4 Å². The third-order valence-corrected chi connectivity index (χ3v) is 4.81. The van der Waals surface area contributed by atoms with Gasteiger partial charge in [0.2, 0.25) is 0 Å². The zero-order chi connectivity index (χ0) is 13.9. The zero-order valence-corrected chi connectivity index (χ0v) is 12.0. The Hall–Kier alpha value is -1.65. The molecule has 1 aliphatic rings. The van der Waals surface area contributed by atoms with Crippen LogP contribution >= 0.6 is 11.3 Å². The Balaban J connectivity index is 1.63. The quantitative estimate of drug-likeness (QED) is 0.908. The molecule has 4 heteroatoms. The summed E-state index contributed by atoms with van der Waals surface area (Å²) >= 11 is 1.29. The molecule has 104 valence electrons. The lowest BCUT2D eigenvalue weighted by Gasteiger charge is -2.25. The van der Waals surface area contributed by atoms with E-state index in [1.54, 1.807) is 0 Å². The molecular weight excluding hydrogens is 270 g/mol. The first kappa shape index (κ1) is 13.3. The Kier molecular flexibility index (Phi) is 3.85. The Bertz CT molecular complexity index is 620. The molecule has 2 N–H and O–H groups in total. The van der Waals surface area contributed by atoms with Crippen molar-refractivity contribution in [3.63, 3.8) is 0 Å². The predicted molar refractivity (Wildman–Crippen MR) is 80.4 cm³/mol. The van der Waals surface area contributed by atoms with Crippen LogP contribution in [0.25, 0.3) is 0 Å². The standard InChI is InChI=1S/C16H17NO2S/c18-16(19)15-13(7-8-20-15)10-17-14-6-5-11-3-1-2-4-12(11)9-14/h1-4,7-8,14,17H,5-6,9-10H2,(H,18,19). The van der Waals surface area contributed by atoms with Crippen molar-refractivity contribution in [1.29, 1.82) is 0 Å². The molecule has 0 saturated carbocycles. The molecule has 1 atom stereocenters. The summed E-state index contributed by atoms with van der Waals surface area (Å²) in [6.45, 7) is 0.637. The van der Waals surface area contributed by atoms with Crippen LogP contribution in [0, 0.1) is 0 Å². The van der Waals surface area contributed by atoms with Crippen LogP contribution < -0.4 is 5.32 Å². The van der Waals surface area contributed by atoms with Crippen molar-refractivity contribution in [3.8, 4) is 0 Å². The first-order valence-corrected chi connectivity index (χ1v) is 7.72. The summed E-state index contributed by atoms with van der Waals surface area (Å²) < 4.78 is 0. The van der Waals surface area contributed by atoms with Gasteiger partial charge in [-0.2, -0.15) is 0 Å². The smallest absolute Gasteiger partial charge is 0.346 e. The number of fused-ring (bicyclic) bond motifs is 1. The Morgan fingerprint density at radius 1 is 1.30 bits per heavy atom. The van der Waals surface area contributed by atoms with Gasteiger partial charge >= 0.3 is 5.97 Å². The van der Waals surface area contributed by atoms with Crippen molar-refractivity contribution in [1.82, 2.24) is 5.32 Å². The number of nitrogens with one attached hydrogen (secondary N) is 1. The molecule has 2 aromatic rings. The van der Waals surface area contributed by atoms with Crippen molar-refractivity contribution in [2.45, 2.75) is 31.8 Å². The van der Waals surface area contributed by atoms with Crippen LogP contribution in [0.4, 0.5) is 0 Å². The van der Waals surface area contributed by atoms with Gasteiger partial charge in [-0.3, -0.25) is 0 Å². The molecule has 0 fully saturated rings. The largest absolute Gasteiger partial charge is 0.477 e. The van der Waals surface area contributed by atoms with E-state index < -0.39 is 5.97 Å². The number of carboxylic acid groups (broad SMARTS) is 1.